The van der Waals surface area contributed by atoms with Gasteiger partial charge in [0.05, 0.1) is 4.58 Å². The SMILES string of the molecule is COCC(=O)Nc1cccc(C2SCCCS2)c1. The van der Waals surface area contributed by atoms with Crippen LogP contribution in [0.2, 0.25) is 0 Å². The zero-order chi connectivity index (χ0) is 12.8. The van der Waals surface area contributed by atoms with E-state index in [1.165, 1.54) is 30.6 Å². The molecule has 1 aromatic rings. The Kier molecular flexibility index (Phi) is 5.41. The molecule has 1 aliphatic rings. The van der Waals surface area contributed by atoms with Crippen molar-refractivity contribution in [1.29, 1.82) is 0 Å². The highest BCUT2D eigenvalue weighted by molar-refractivity contribution is 8.16. The second-order valence-electron chi connectivity index (χ2n) is 4.03. The molecule has 1 aromatic carbocycles. The van der Waals surface area contributed by atoms with Crippen molar-refractivity contribution < 1.29 is 9.53 Å². The number of amides is 1. The van der Waals surface area contributed by atoms with Crippen LogP contribution < -0.4 is 5.32 Å². The molecule has 0 spiro atoms. The summed E-state index contributed by atoms with van der Waals surface area (Å²) in [4.78, 5) is 11.5. The van der Waals surface area contributed by atoms with E-state index in [0.29, 0.717) is 4.58 Å². The number of rotatable bonds is 4. The van der Waals surface area contributed by atoms with Crippen molar-refractivity contribution in [3.05, 3.63) is 29.8 Å². The van der Waals surface area contributed by atoms with Crippen LogP contribution in [0, 0.1) is 0 Å². The first-order valence-electron chi connectivity index (χ1n) is 5.91. The lowest BCUT2D eigenvalue weighted by Gasteiger charge is -2.21. The minimum absolute atomic E-state index is 0.0944. The lowest BCUT2D eigenvalue weighted by molar-refractivity contribution is -0.119. The topological polar surface area (TPSA) is 38.3 Å². The third-order valence-corrected chi connectivity index (χ3v) is 5.56. The van der Waals surface area contributed by atoms with E-state index in [1.807, 2.05) is 35.7 Å². The highest BCUT2D eigenvalue weighted by atomic mass is 32.2. The Balaban J connectivity index is 2.02. The van der Waals surface area contributed by atoms with Gasteiger partial charge in [-0.2, -0.15) is 0 Å². The molecule has 1 fully saturated rings. The molecule has 1 heterocycles. The van der Waals surface area contributed by atoms with E-state index in [2.05, 4.69) is 17.4 Å². The van der Waals surface area contributed by atoms with E-state index in [1.54, 1.807) is 0 Å². The summed E-state index contributed by atoms with van der Waals surface area (Å²) >= 11 is 3.96. The average molecular weight is 283 g/mol. The summed E-state index contributed by atoms with van der Waals surface area (Å²) in [7, 11) is 1.52. The summed E-state index contributed by atoms with van der Waals surface area (Å²) in [5.74, 6) is 2.33. The predicted octanol–water partition coefficient (Wildman–Crippen LogP) is 3.14. The minimum Gasteiger partial charge on any atom is -0.375 e. The Morgan fingerprint density at radius 3 is 2.94 bits per heavy atom. The van der Waals surface area contributed by atoms with Gasteiger partial charge >= 0.3 is 0 Å². The molecule has 98 valence electrons. The second-order valence-corrected chi connectivity index (χ2v) is 6.76. The number of carbonyl (C=O) groups is 1. The zero-order valence-electron chi connectivity index (χ0n) is 10.3. The first kappa shape index (κ1) is 13.8. The summed E-state index contributed by atoms with van der Waals surface area (Å²) in [6, 6.07) is 8.09. The van der Waals surface area contributed by atoms with Gasteiger partial charge in [-0.25, -0.2) is 0 Å². The third-order valence-electron chi connectivity index (χ3n) is 2.55. The molecule has 0 unspecified atom stereocenters. The lowest BCUT2D eigenvalue weighted by Crippen LogP contribution is -2.17. The Hall–Kier alpha value is -0.650. The number of nitrogens with one attached hydrogen (secondary N) is 1. The first-order chi connectivity index (χ1) is 8.79. The Morgan fingerprint density at radius 1 is 1.44 bits per heavy atom. The van der Waals surface area contributed by atoms with Crippen LogP contribution in [0.1, 0.15) is 16.6 Å². The van der Waals surface area contributed by atoms with Gasteiger partial charge in [0, 0.05) is 12.8 Å². The lowest BCUT2D eigenvalue weighted by atomic mass is 10.2. The average Bonchev–Trinajstić information content (AvgIpc) is 2.40. The Labute approximate surface area is 116 Å². The summed E-state index contributed by atoms with van der Waals surface area (Å²) in [6.07, 6.45) is 1.29. The van der Waals surface area contributed by atoms with Gasteiger partial charge in [-0.15, -0.1) is 23.5 Å². The first-order valence-corrected chi connectivity index (χ1v) is 8.01. The molecular weight excluding hydrogens is 266 g/mol. The molecule has 0 saturated carbocycles. The van der Waals surface area contributed by atoms with Crippen LogP contribution >= 0.6 is 23.5 Å². The van der Waals surface area contributed by atoms with Crippen LogP contribution in [-0.4, -0.2) is 31.1 Å². The van der Waals surface area contributed by atoms with Gasteiger partial charge in [-0.05, 0) is 35.6 Å². The molecule has 1 amide bonds. The third kappa shape index (κ3) is 3.93. The standard InChI is InChI=1S/C13H17NO2S2/c1-16-9-12(15)14-11-5-2-4-10(8-11)13-17-6-3-7-18-13/h2,4-5,8,13H,3,6-7,9H2,1H3,(H,14,15). The van der Waals surface area contributed by atoms with Crippen LogP contribution in [0.25, 0.3) is 0 Å². The molecule has 0 radical (unpaired) electrons. The number of anilines is 1. The smallest absolute Gasteiger partial charge is 0.250 e. The Bertz CT molecular complexity index is 406. The normalized spacial score (nSPS) is 16.5. The molecule has 0 aliphatic carbocycles. The van der Waals surface area contributed by atoms with Crippen LogP contribution in [0.15, 0.2) is 24.3 Å². The van der Waals surface area contributed by atoms with E-state index in [-0.39, 0.29) is 12.5 Å². The number of hydrogen-bond donors (Lipinski definition) is 1. The van der Waals surface area contributed by atoms with E-state index in [0.717, 1.165) is 5.69 Å². The summed E-state index contributed by atoms with van der Waals surface area (Å²) < 4.78 is 5.30. The van der Waals surface area contributed by atoms with Gasteiger partial charge in [0.2, 0.25) is 5.91 Å². The predicted molar refractivity (Wildman–Crippen MR) is 79.2 cm³/mol. The van der Waals surface area contributed by atoms with Crippen molar-refractivity contribution >= 4 is 35.1 Å². The zero-order valence-corrected chi connectivity index (χ0v) is 12.0. The number of carbonyl (C=O) groups excluding carboxylic acids is 1. The molecular formula is C13H17NO2S2. The van der Waals surface area contributed by atoms with Gasteiger partial charge < -0.3 is 10.1 Å². The summed E-state index contributed by atoms with van der Waals surface area (Å²) in [5, 5.41) is 2.84. The molecule has 1 aliphatic heterocycles. The van der Waals surface area contributed by atoms with E-state index >= 15 is 0 Å². The fourth-order valence-corrected chi connectivity index (χ4v) is 4.64. The van der Waals surface area contributed by atoms with Crippen LogP contribution in [0.4, 0.5) is 5.69 Å². The summed E-state index contributed by atoms with van der Waals surface area (Å²) in [6.45, 7) is 0.0944. The van der Waals surface area contributed by atoms with E-state index < -0.39 is 0 Å². The number of thioether (sulfide) groups is 2. The number of benzene rings is 1. The maximum atomic E-state index is 11.5. The van der Waals surface area contributed by atoms with Gasteiger partial charge in [-0.3, -0.25) is 4.79 Å². The van der Waals surface area contributed by atoms with Gasteiger partial charge in [-0.1, -0.05) is 12.1 Å². The largest absolute Gasteiger partial charge is 0.375 e. The molecule has 5 heteroatoms. The number of methoxy groups -OCH3 is 1. The fraction of sp³-hybridized carbons (Fsp3) is 0.462. The number of ether oxygens (including phenoxy) is 1. The van der Waals surface area contributed by atoms with Crippen molar-refractivity contribution in [3.63, 3.8) is 0 Å². The highest BCUT2D eigenvalue weighted by Gasteiger charge is 2.16. The molecule has 0 atom stereocenters. The van der Waals surface area contributed by atoms with Crippen LogP contribution in [0.3, 0.4) is 0 Å². The molecule has 0 aromatic heterocycles. The molecule has 1 N–H and O–H groups in total. The fourth-order valence-electron chi connectivity index (χ4n) is 1.77. The molecule has 18 heavy (non-hydrogen) atoms. The van der Waals surface area contributed by atoms with Crippen molar-refractivity contribution in [2.75, 3.05) is 30.5 Å². The number of hydrogen-bond acceptors (Lipinski definition) is 4. The van der Waals surface area contributed by atoms with Crippen molar-refractivity contribution in [1.82, 2.24) is 0 Å². The van der Waals surface area contributed by atoms with Gasteiger partial charge in [0.25, 0.3) is 0 Å². The Morgan fingerprint density at radius 2 is 2.22 bits per heavy atom. The maximum absolute atomic E-state index is 11.5. The quantitative estimate of drug-likeness (QED) is 0.921. The second kappa shape index (κ2) is 7.07. The molecule has 3 nitrogen and oxygen atoms in total. The molecule has 2 rings (SSSR count). The van der Waals surface area contributed by atoms with Crippen molar-refractivity contribution in [2.24, 2.45) is 0 Å². The highest BCUT2D eigenvalue weighted by Crippen LogP contribution is 2.43. The maximum Gasteiger partial charge on any atom is 0.250 e. The van der Waals surface area contributed by atoms with E-state index in [9.17, 15) is 4.79 Å². The van der Waals surface area contributed by atoms with Gasteiger partial charge in [0.1, 0.15) is 6.61 Å². The van der Waals surface area contributed by atoms with Crippen molar-refractivity contribution in [2.45, 2.75) is 11.0 Å². The molecule has 1 saturated heterocycles. The van der Waals surface area contributed by atoms with Gasteiger partial charge in [0.15, 0.2) is 0 Å². The summed E-state index contributed by atoms with van der Waals surface area (Å²) in [5.41, 5.74) is 2.13. The van der Waals surface area contributed by atoms with Crippen molar-refractivity contribution in [3.8, 4) is 0 Å². The molecule has 0 bridgehead atoms. The van der Waals surface area contributed by atoms with Crippen LogP contribution in [0.5, 0.6) is 0 Å². The minimum atomic E-state index is -0.112. The van der Waals surface area contributed by atoms with E-state index in [4.69, 9.17) is 4.74 Å². The van der Waals surface area contributed by atoms with Crippen LogP contribution in [-0.2, 0) is 9.53 Å². The monoisotopic (exact) mass is 283 g/mol.